The van der Waals surface area contributed by atoms with E-state index in [9.17, 15) is 0 Å². The number of nitrogens with two attached hydrogens (primary N) is 1. The summed E-state index contributed by atoms with van der Waals surface area (Å²) in [5.41, 5.74) is 8.79. The highest BCUT2D eigenvalue weighted by Crippen LogP contribution is 2.17. The van der Waals surface area contributed by atoms with E-state index in [2.05, 4.69) is 18.3 Å². The molecule has 90 valence electrons. The molecule has 0 amide bonds. The van der Waals surface area contributed by atoms with Crippen LogP contribution in [0.4, 0.5) is 11.4 Å². The first-order valence-corrected chi connectivity index (χ1v) is 5.87. The highest BCUT2D eigenvalue weighted by molar-refractivity contribution is 5.56. The molecule has 1 aromatic rings. The summed E-state index contributed by atoms with van der Waals surface area (Å²) in [4.78, 5) is 0. The highest BCUT2D eigenvalue weighted by Gasteiger charge is 2.05. The molecule has 0 fully saturated rings. The predicted octanol–water partition coefficient (Wildman–Crippen LogP) is 2.40. The molecule has 1 atom stereocenters. The molecule has 0 bridgehead atoms. The van der Waals surface area contributed by atoms with Gasteiger partial charge in [-0.15, -0.1) is 0 Å². The number of hydrogen-bond acceptors (Lipinski definition) is 3. The minimum atomic E-state index is 0.260. The van der Waals surface area contributed by atoms with Crippen molar-refractivity contribution in [2.45, 2.75) is 26.7 Å². The zero-order valence-electron chi connectivity index (χ0n) is 10.2. The summed E-state index contributed by atoms with van der Waals surface area (Å²) in [6.45, 7) is 5.33. The van der Waals surface area contributed by atoms with Crippen molar-refractivity contribution < 1.29 is 5.11 Å². The Morgan fingerprint density at radius 2 is 2.12 bits per heavy atom. The van der Waals surface area contributed by atoms with Crippen LogP contribution in [-0.2, 0) is 0 Å². The molecule has 0 aliphatic rings. The van der Waals surface area contributed by atoms with E-state index in [1.807, 2.05) is 19.1 Å². The minimum Gasteiger partial charge on any atom is -0.399 e. The summed E-state index contributed by atoms with van der Waals surface area (Å²) < 4.78 is 0. The molecule has 0 aromatic heterocycles. The molecule has 1 unspecified atom stereocenters. The Bertz CT molecular complexity index is 305. The molecule has 3 nitrogen and oxygen atoms in total. The fraction of sp³-hybridized carbons (Fsp3) is 0.538. The Morgan fingerprint density at radius 1 is 1.38 bits per heavy atom. The van der Waals surface area contributed by atoms with Crippen LogP contribution in [0.1, 0.15) is 25.3 Å². The van der Waals surface area contributed by atoms with E-state index < -0.39 is 0 Å². The van der Waals surface area contributed by atoms with E-state index >= 15 is 0 Å². The molecule has 4 N–H and O–H groups in total. The average molecular weight is 222 g/mol. The molecular formula is C13H22N2O. The maximum absolute atomic E-state index is 8.91. The number of benzene rings is 1. The van der Waals surface area contributed by atoms with Gasteiger partial charge in [0.25, 0.3) is 0 Å². The first-order valence-electron chi connectivity index (χ1n) is 5.87. The number of aryl methyl sites for hydroxylation is 1. The van der Waals surface area contributed by atoms with Crippen molar-refractivity contribution in [1.82, 2.24) is 0 Å². The molecule has 3 heteroatoms. The molecule has 16 heavy (non-hydrogen) atoms. The topological polar surface area (TPSA) is 58.3 Å². The summed E-state index contributed by atoms with van der Waals surface area (Å²) in [5.74, 6) is 0.520. The van der Waals surface area contributed by atoms with Crippen LogP contribution in [-0.4, -0.2) is 18.3 Å². The Labute approximate surface area is 97.7 Å². The number of nitrogen functional groups attached to an aromatic ring is 1. The smallest absolute Gasteiger partial charge is 0.0434 e. The van der Waals surface area contributed by atoms with Crippen LogP contribution in [0.15, 0.2) is 18.2 Å². The van der Waals surface area contributed by atoms with Gasteiger partial charge in [0.1, 0.15) is 0 Å². The third kappa shape index (κ3) is 4.11. The maximum atomic E-state index is 8.91. The van der Waals surface area contributed by atoms with Gasteiger partial charge in [-0.05, 0) is 43.0 Å². The fourth-order valence-corrected chi connectivity index (χ4v) is 1.81. The van der Waals surface area contributed by atoms with Crippen LogP contribution < -0.4 is 11.1 Å². The van der Waals surface area contributed by atoms with E-state index in [-0.39, 0.29) is 6.61 Å². The molecule has 0 aliphatic carbocycles. The summed E-state index contributed by atoms with van der Waals surface area (Å²) >= 11 is 0. The predicted molar refractivity (Wildman–Crippen MR) is 69.6 cm³/mol. The average Bonchev–Trinajstić information content (AvgIpc) is 2.23. The van der Waals surface area contributed by atoms with Crippen LogP contribution in [0.2, 0.25) is 0 Å². The van der Waals surface area contributed by atoms with Crippen molar-refractivity contribution in [1.29, 1.82) is 0 Å². The molecule has 0 aliphatic heterocycles. The first kappa shape index (κ1) is 12.8. The van der Waals surface area contributed by atoms with Crippen molar-refractivity contribution in [2.75, 3.05) is 24.2 Å². The van der Waals surface area contributed by atoms with Crippen LogP contribution in [0.25, 0.3) is 0 Å². The zero-order valence-corrected chi connectivity index (χ0v) is 10.2. The first-order chi connectivity index (χ1) is 7.65. The van der Waals surface area contributed by atoms with Gasteiger partial charge in [-0.3, -0.25) is 0 Å². The molecule has 0 spiro atoms. The van der Waals surface area contributed by atoms with E-state index in [4.69, 9.17) is 10.8 Å². The van der Waals surface area contributed by atoms with Gasteiger partial charge in [-0.2, -0.15) is 0 Å². The zero-order chi connectivity index (χ0) is 12.0. The van der Waals surface area contributed by atoms with Gasteiger partial charge in [0.15, 0.2) is 0 Å². The third-order valence-electron chi connectivity index (χ3n) is 2.81. The summed E-state index contributed by atoms with van der Waals surface area (Å²) in [7, 11) is 0. The van der Waals surface area contributed by atoms with Crippen molar-refractivity contribution in [3.63, 3.8) is 0 Å². The normalized spacial score (nSPS) is 12.4. The second kappa shape index (κ2) is 6.38. The SMILES string of the molecule is CCC(CCO)CNc1cc(C)cc(N)c1. The van der Waals surface area contributed by atoms with Crippen molar-refractivity contribution >= 4 is 11.4 Å². The van der Waals surface area contributed by atoms with Gasteiger partial charge in [-0.1, -0.05) is 13.3 Å². The number of hydrogen-bond donors (Lipinski definition) is 3. The number of rotatable bonds is 6. The van der Waals surface area contributed by atoms with Gasteiger partial charge < -0.3 is 16.2 Å². The van der Waals surface area contributed by atoms with Crippen LogP contribution in [0.5, 0.6) is 0 Å². The lowest BCUT2D eigenvalue weighted by Gasteiger charge is -2.15. The lowest BCUT2D eigenvalue weighted by Crippen LogP contribution is -2.15. The van der Waals surface area contributed by atoms with Gasteiger partial charge in [-0.25, -0.2) is 0 Å². The van der Waals surface area contributed by atoms with Gasteiger partial charge >= 0.3 is 0 Å². The number of aliphatic hydroxyl groups excluding tert-OH is 1. The second-order valence-corrected chi connectivity index (χ2v) is 4.30. The largest absolute Gasteiger partial charge is 0.399 e. The maximum Gasteiger partial charge on any atom is 0.0434 e. The summed E-state index contributed by atoms with van der Waals surface area (Å²) in [5, 5.41) is 12.3. The van der Waals surface area contributed by atoms with Crippen LogP contribution >= 0.6 is 0 Å². The van der Waals surface area contributed by atoms with Crippen molar-refractivity contribution in [3.8, 4) is 0 Å². The highest BCUT2D eigenvalue weighted by atomic mass is 16.3. The Balaban J connectivity index is 2.52. The fourth-order valence-electron chi connectivity index (χ4n) is 1.81. The molecule has 0 radical (unpaired) electrons. The van der Waals surface area contributed by atoms with Crippen molar-refractivity contribution in [2.24, 2.45) is 5.92 Å². The van der Waals surface area contributed by atoms with Crippen molar-refractivity contribution in [3.05, 3.63) is 23.8 Å². The Kier molecular flexibility index (Phi) is 5.12. The summed E-state index contributed by atoms with van der Waals surface area (Å²) in [6, 6.07) is 5.98. The van der Waals surface area contributed by atoms with E-state index in [1.54, 1.807) is 0 Å². The lowest BCUT2D eigenvalue weighted by molar-refractivity contribution is 0.258. The Morgan fingerprint density at radius 3 is 2.69 bits per heavy atom. The third-order valence-corrected chi connectivity index (χ3v) is 2.81. The lowest BCUT2D eigenvalue weighted by atomic mass is 10.0. The molecule has 1 aromatic carbocycles. The number of anilines is 2. The van der Waals surface area contributed by atoms with Crippen LogP contribution in [0.3, 0.4) is 0 Å². The van der Waals surface area contributed by atoms with Gasteiger partial charge in [0.2, 0.25) is 0 Å². The van der Waals surface area contributed by atoms with Gasteiger partial charge in [0.05, 0.1) is 0 Å². The molecule has 0 saturated carbocycles. The van der Waals surface area contributed by atoms with Crippen LogP contribution in [0, 0.1) is 12.8 Å². The minimum absolute atomic E-state index is 0.260. The molecular weight excluding hydrogens is 200 g/mol. The number of aliphatic hydroxyl groups is 1. The Hall–Kier alpha value is -1.22. The molecule has 1 rings (SSSR count). The number of nitrogens with one attached hydrogen (secondary N) is 1. The summed E-state index contributed by atoms with van der Waals surface area (Å²) in [6.07, 6.45) is 1.93. The van der Waals surface area contributed by atoms with E-state index in [0.717, 1.165) is 36.3 Å². The van der Waals surface area contributed by atoms with Gasteiger partial charge in [0, 0.05) is 24.5 Å². The quantitative estimate of drug-likeness (QED) is 0.648. The standard InChI is InChI=1S/C13H22N2O/c1-3-11(4-5-16)9-15-13-7-10(2)6-12(14)8-13/h6-8,11,15-16H,3-5,9,14H2,1-2H3. The second-order valence-electron chi connectivity index (χ2n) is 4.30. The monoisotopic (exact) mass is 222 g/mol. The van der Waals surface area contributed by atoms with E-state index in [0.29, 0.717) is 5.92 Å². The molecule has 0 saturated heterocycles. The molecule has 0 heterocycles. The van der Waals surface area contributed by atoms with E-state index in [1.165, 1.54) is 0 Å².